The van der Waals surface area contributed by atoms with Crippen molar-refractivity contribution in [1.82, 2.24) is 13.6 Å². The monoisotopic (exact) mass is 627 g/mol. The van der Waals surface area contributed by atoms with Crippen LogP contribution in [0.15, 0.2) is 83.0 Å². The van der Waals surface area contributed by atoms with E-state index in [1.54, 1.807) is 0 Å². The number of aliphatic carboxylic acids is 1. The van der Waals surface area contributed by atoms with Crippen molar-refractivity contribution in [3.8, 4) is 5.75 Å². The molecule has 1 fully saturated rings. The smallest absolute Gasteiger partial charge is 0.307 e. The molecule has 4 aliphatic rings. The van der Waals surface area contributed by atoms with Gasteiger partial charge >= 0.3 is 16.2 Å². The predicted molar refractivity (Wildman–Crippen MR) is 171 cm³/mol. The predicted octanol–water partition coefficient (Wildman–Crippen LogP) is 5.56. The van der Waals surface area contributed by atoms with Crippen LogP contribution in [0.3, 0.4) is 0 Å². The number of carboxylic acid groups (broad SMARTS) is 1. The van der Waals surface area contributed by atoms with Gasteiger partial charge in [-0.1, -0.05) is 67.8 Å². The van der Waals surface area contributed by atoms with Crippen molar-refractivity contribution < 1.29 is 27.9 Å². The molecule has 1 saturated carbocycles. The minimum absolute atomic E-state index is 0.333. The van der Waals surface area contributed by atoms with E-state index in [9.17, 15) is 23.1 Å². The Balaban J connectivity index is 1.41. The normalized spacial score (nSPS) is 21.3. The number of carboxylic acids is 1. The first-order valence-electron chi connectivity index (χ1n) is 15.6. The Morgan fingerprint density at radius 3 is 2.53 bits per heavy atom. The second kappa shape index (κ2) is 11.3. The number of ether oxygens (including phenoxy) is 1. The van der Waals surface area contributed by atoms with Crippen LogP contribution in [0, 0.1) is 5.92 Å². The number of nitrogens with one attached hydrogen (secondary N) is 1. The quantitative estimate of drug-likeness (QED) is 0.338. The average Bonchev–Trinajstić information content (AvgIpc) is 3.66. The summed E-state index contributed by atoms with van der Waals surface area (Å²) in [5.41, 5.74) is 6.68. The van der Waals surface area contributed by atoms with Gasteiger partial charge in [-0.2, -0.15) is 12.7 Å². The fourth-order valence-electron chi connectivity index (χ4n) is 7.45. The summed E-state index contributed by atoms with van der Waals surface area (Å²) < 4.78 is 36.9. The summed E-state index contributed by atoms with van der Waals surface area (Å²) >= 11 is 0. The largest absolute Gasteiger partial charge is 0.488 e. The molecule has 0 radical (unpaired) electrons. The van der Waals surface area contributed by atoms with Crippen LogP contribution in [0.2, 0.25) is 0 Å². The molecule has 0 spiro atoms. The molecule has 234 valence electrons. The van der Waals surface area contributed by atoms with Gasteiger partial charge in [-0.15, -0.1) is 0 Å². The maximum absolute atomic E-state index is 13.4. The Morgan fingerprint density at radius 1 is 1.07 bits per heavy atom. The third-order valence-corrected chi connectivity index (χ3v) is 11.2. The molecule has 1 aromatic heterocycles. The highest BCUT2D eigenvalue weighted by molar-refractivity contribution is 7.87. The van der Waals surface area contributed by atoms with Crippen LogP contribution in [-0.4, -0.2) is 48.4 Å². The van der Waals surface area contributed by atoms with Gasteiger partial charge in [0.2, 0.25) is 0 Å². The van der Waals surface area contributed by atoms with E-state index < -0.39 is 33.9 Å². The van der Waals surface area contributed by atoms with Gasteiger partial charge in [-0.25, -0.2) is 4.72 Å². The van der Waals surface area contributed by atoms with Gasteiger partial charge in [0.05, 0.1) is 17.0 Å². The van der Waals surface area contributed by atoms with Gasteiger partial charge < -0.3 is 14.4 Å². The number of hydrogen-bond acceptors (Lipinski definition) is 5. The van der Waals surface area contributed by atoms with Crippen molar-refractivity contribution in [2.75, 3.05) is 14.1 Å². The van der Waals surface area contributed by atoms with Crippen LogP contribution in [0.5, 0.6) is 5.75 Å². The molecular weight excluding hydrogens is 590 g/mol. The Morgan fingerprint density at radius 2 is 1.82 bits per heavy atom. The summed E-state index contributed by atoms with van der Waals surface area (Å²) in [6, 6.07) is 16.3. The lowest BCUT2D eigenvalue weighted by atomic mass is 9.76. The van der Waals surface area contributed by atoms with Crippen LogP contribution in [-0.2, 0) is 33.0 Å². The minimum Gasteiger partial charge on any atom is -0.488 e. The Labute approximate surface area is 263 Å². The lowest BCUT2D eigenvalue weighted by Crippen LogP contribution is -2.39. The van der Waals surface area contributed by atoms with Gasteiger partial charge in [0.1, 0.15) is 12.4 Å². The van der Waals surface area contributed by atoms with Crippen LogP contribution in [0.25, 0.3) is 10.9 Å². The molecule has 10 heteroatoms. The second-order valence-corrected chi connectivity index (χ2v) is 14.5. The molecule has 3 aromatic rings. The fourth-order valence-corrected chi connectivity index (χ4v) is 7.97. The van der Waals surface area contributed by atoms with Crippen LogP contribution >= 0.6 is 0 Å². The summed E-state index contributed by atoms with van der Waals surface area (Å²) in [6.45, 7) is 0.745. The first kappa shape index (κ1) is 29.6. The SMILES string of the molecule is CN(C)S(=O)(=O)NC(=O)C1=C2Cn3c(cc4c(OCc5ccccc5)ccc(C5CCCCC5)c43)C3C(=C21)C=CC[C@H]3C(=O)O. The van der Waals surface area contributed by atoms with Gasteiger partial charge in [0.15, 0.2) is 0 Å². The van der Waals surface area contributed by atoms with Crippen molar-refractivity contribution in [2.45, 2.75) is 63.5 Å². The van der Waals surface area contributed by atoms with Crippen molar-refractivity contribution in [2.24, 2.45) is 5.92 Å². The van der Waals surface area contributed by atoms with E-state index in [1.807, 2.05) is 48.6 Å². The zero-order valence-electron chi connectivity index (χ0n) is 25.5. The van der Waals surface area contributed by atoms with E-state index >= 15 is 0 Å². The lowest BCUT2D eigenvalue weighted by Gasteiger charge is -2.29. The summed E-state index contributed by atoms with van der Waals surface area (Å²) in [5.74, 6) is -1.74. The summed E-state index contributed by atoms with van der Waals surface area (Å²) in [4.78, 5) is 26.1. The van der Waals surface area contributed by atoms with Crippen LogP contribution < -0.4 is 9.46 Å². The number of allylic oxidation sites excluding steroid dienone is 4. The second-order valence-electron chi connectivity index (χ2n) is 12.6. The number of nitrogens with zero attached hydrogens (tertiary/aromatic N) is 2. The highest BCUT2D eigenvalue weighted by Crippen LogP contribution is 2.55. The molecule has 2 heterocycles. The molecule has 2 N–H and O–H groups in total. The number of benzene rings is 2. The molecule has 3 aliphatic carbocycles. The Bertz CT molecular complexity index is 1910. The molecule has 1 amide bonds. The van der Waals surface area contributed by atoms with E-state index in [0.29, 0.717) is 36.6 Å². The third kappa shape index (κ3) is 5.19. The van der Waals surface area contributed by atoms with Crippen LogP contribution in [0.4, 0.5) is 0 Å². The number of aromatic nitrogens is 1. The number of carbonyl (C=O) groups excluding carboxylic acids is 1. The Kier molecular flexibility index (Phi) is 7.44. The van der Waals surface area contributed by atoms with E-state index in [4.69, 9.17) is 4.74 Å². The number of amides is 1. The standard InChI is InChI=1S/C35H37N3O6S/c1-37(2)45(42,43)36-34(39)32-27-19-38-28(30-24(31(27)32)14-9-15-25(30)35(40)41)18-26-29(44-20-21-10-5-3-6-11-21)17-16-23(33(26)38)22-12-7-4-8-13-22/h3,5-6,9-11,14,16-18,22,25,30H,4,7-8,12-13,15,19-20H2,1-2H3,(H,36,39)(H,40,41)/t25-,30?/m1/s1. The highest BCUT2D eigenvalue weighted by atomic mass is 32.2. The van der Waals surface area contributed by atoms with Crippen LogP contribution in [0.1, 0.15) is 67.2 Å². The van der Waals surface area contributed by atoms with Gasteiger partial charge in [-0.05, 0) is 65.2 Å². The number of carbonyl (C=O) groups is 2. The molecule has 9 nitrogen and oxygen atoms in total. The van der Waals surface area contributed by atoms with E-state index in [2.05, 4.69) is 21.4 Å². The average molecular weight is 628 g/mol. The Hall–Kier alpha value is -4.15. The zero-order chi connectivity index (χ0) is 31.5. The maximum Gasteiger partial charge on any atom is 0.307 e. The number of hydrogen-bond donors (Lipinski definition) is 2. The lowest BCUT2D eigenvalue weighted by molar-refractivity contribution is -0.142. The molecule has 45 heavy (non-hydrogen) atoms. The van der Waals surface area contributed by atoms with E-state index in [0.717, 1.165) is 69.0 Å². The van der Waals surface area contributed by atoms with Crippen molar-refractivity contribution in [3.05, 3.63) is 99.8 Å². The van der Waals surface area contributed by atoms with E-state index in [-0.39, 0.29) is 0 Å². The fraction of sp³-hybridized carbons (Fsp3) is 0.371. The van der Waals surface area contributed by atoms with Gasteiger partial charge in [0.25, 0.3) is 5.91 Å². The molecular formula is C35H37N3O6S. The molecule has 0 saturated heterocycles. The van der Waals surface area contributed by atoms with Crippen molar-refractivity contribution in [1.29, 1.82) is 0 Å². The minimum atomic E-state index is -4.01. The van der Waals surface area contributed by atoms with Crippen molar-refractivity contribution >= 4 is 33.0 Å². The first-order chi connectivity index (χ1) is 21.7. The summed E-state index contributed by atoms with van der Waals surface area (Å²) in [7, 11) is -1.28. The molecule has 2 aromatic carbocycles. The highest BCUT2D eigenvalue weighted by Gasteiger charge is 2.47. The number of rotatable bonds is 8. The molecule has 7 rings (SSSR count). The topological polar surface area (TPSA) is 118 Å². The first-order valence-corrected chi connectivity index (χ1v) is 17.0. The molecule has 1 aliphatic heterocycles. The van der Waals surface area contributed by atoms with E-state index in [1.165, 1.54) is 26.1 Å². The zero-order valence-corrected chi connectivity index (χ0v) is 26.3. The molecule has 2 atom stereocenters. The van der Waals surface area contributed by atoms with Gasteiger partial charge in [-0.3, -0.25) is 9.59 Å². The van der Waals surface area contributed by atoms with Crippen molar-refractivity contribution in [3.63, 3.8) is 0 Å². The molecule has 0 bridgehead atoms. The summed E-state index contributed by atoms with van der Waals surface area (Å²) in [5, 5.41) is 11.4. The van der Waals surface area contributed by atoms with Gasteiger partial charge in [0, 0.05) is 37.6 Å². The third-order valence-electron chi connectivity index (χ3n) is 9.75. The maximum atomic E-state index is 13.4. The summed E-state index contributed by atoms with van der Waals surface area (Å²) in [6.07, 6.45) is 9.82. The molecule has 1 unspecified atom stereocenters. The number of fused-ring (bicyclic) bond motifs is 6.